The number of carboxylic acid groups (broad SMARTS) is 1. The molecule has 0 aromatic heterocycles. The van der Waals surface area contributed by atoms with Crippen molar-refractivity contribution >= 4 is 17.7 Å². The number of aliphatic carboxylic acids is 1. The number of ketones is 1. The topological polar surface area (TPSA) is 94.9 Å². The van der Waals surface area contributed by atoms with Gasteiger partial charge in [0.15, 0.2) is 11.5 Å². The zero-order chi connectivity index (χ0) is 19.2. The van der Waals surface area contributed by atoms with Crippen LogP contribution in [0.25, 0.3) is 0 Å². The molecular weight excluding hydrogens is 334 g/mol. The third kappa shape index (κ3) is 4.19. The van der Waals surface area contributed by atoms with Gasteiger partial charge in [-0.15, -0.1) is 0 Å². The van der Waals surface area contributed by atoms with E-state index in [1.54, 1.807) is 6.08 Å². The lowest BCUT2D eigenvalue weighted by Gasteiger charge is -2.27. The summed E-state index contributed by atoms with van der Waals surface area (Å²) in [6, 6.07) is 0. The number of allylic oxidation sites excluding steroid dienone is 6. The molecule has 0 aromatic rings. The fourth-order valence-electron chi connectivity index (χ4n) is 3.27. The van der Waals surface area contributed by atoms with E-state index in [9.17, 15) is 24.6 Å². The molecule has 2 N–H and O–H groups in total. The van der Waals surface area contributed by atoms with Gasteiger partial charge < -0.3 is 15.1 Å². The standard InChI is InChI=1S/C20H25NO5/c1-2-3-4-5-6-7-8-9-10-11-17(22)15-14-20(26)16(19(24)25)12-13-21(20)18(15)23/h2-5,10-11,14,16,26H,6-9,12-13H2,1H3,(H,24,25)/b3-2+,5-4+,11-10+/t16-,20-/m0/s1. The van der Waals surface area contributed by atoms with Crippen molar-refractivity contribution < 1.29 is 24.6 Å². The fourth-order valence-corrected chi connectivity index (χ4v) is 3.27. The van der Waals surface area contributed by atoms with Crippen LogP contribution in [0.1, 0.15) is 39.0 Å². The number of hydrogen-bond donors (Lipinski definition) is 2. The van der Waals surface area contributed by atoms with E-state index >= 15 is 0 Å². The number of rotatable bonds is 9. The van der Waals surface area contributed by atoms with E-state index in [1.807, 2.05) is 25.2 Å². The number of carbonyl (C=O) groups excluding carboxylic acids is 2. The van der Waals surface area contributed by atoms with Gasteiger partial charge in [0, 0.05) is 6.54 Å². The number of amides is 1. The Hall–Kier alpha value is -2.47. The van der Waals surface area contributed by atoms with E-state index in [4.69, 9.17) is 0 Å². The monoisotopic (exact) mass is 359 g/mol. The number of carbonyl (C=O) groups is 3. The Balaban J connectivity index is 1.87. The predicted octanol–water partition coefficient (Wildman–Crippen LogP) is 2.37. The SMILES string of the molecule is C/C=C/C=C/CCCC/C=C/C(=O)C1=C[C@]2(O)[C@H](C(=O)O)CCN2C1=O. The Bertz CT molecular complexity index is 688. The lowest BCUT2D eigenvalue weighted by Crippen LogP contribution is -2.47. The highest BCUT2D eigenvalue weighted by molar-refractivity contribution is 6.25. The third-order valence-electron chi connectivity index (χ3n) is 4.68. The average Bonchev–Trinajstić information content (AvgIpc) is 3.06. The summed E-state index contributed by atoms with van der Waals surface area (Å²) in [4.78, 5) is 36.9. The van der Waals surface area contributed by atoms with Crippen molar-refractivity contribution in [2.45, 2.75) is 44.8 Å². The Labute approximate surface area is 153 Å². The second-order valence-corrected chi connectivity index (χ2v) is 6.48. The zero-order valence-corrected chi connectivity index (χ0v) is 14.9. The van der Waals surface area contributed by atoms with Gasteiger partial charge in [0.05, 0.1) is 5.57 Å². The van der Waals surface area contributed by atoms with Gasteiger partial charge in [-0.2, -0.15) is 0 Å². The minimum atomic E-state index is -1.89. The van der Waals surface area contributed by atoms with Gasteiger partial charge in [-0.1, -0.05) is 30.4 Å². The number of unbranched alkanes of at least 4 members (excludes halogenated alkanes) is 3. The van der Waals surface area contributed by atoms with Crippen molar-refractivity contribution in [1.82, 2.24) is 4.90 Å². The molecule has 26 heavy (non-hydrogen) atoms. The maximum absolute atomic E-state index is 12.3. The molecule has 0 bridgehead atoms. The largest absolute Gasteiger partial charge is 0.481 e. The molecule has 2 rings (SSSR count). The summed E-state index contributed by atoms with van der Waals surface area (Å²) in [7, 11) is 0. The van der Waals surface area contributed by atoms with Gasteiger partial charge in [-0.25, -0.2) is 0 Å². The van der Waals surface area contributed by atoms with Crippen molar-refractivity contribution in [3.05, 3.63) is 48.1 Å². The molecule has 0 aromatic carbocycles. The molecule has 0 spiro atoms. The van der Waals surface area contributed by atoms with E-state index in [-0.39, 0.29) is 18.5 Å². The molecule has 0 aliphatic carbocycles. The Morgan fingerprint density at radius 2 is 1.96 bits per heavy atom. The van der Waals surface area contributed by atoms with Crippen molar-refractivity contribution in [3.63, 3.8) is 0 Å². The lowest BCUT2D eigenvalue weighted by atomic mass is 9.95. The molecule has 0 radical (unpaired) electrons. The molecule has 1 saturated heterocycles. The lowest BCUT2D eigenvalue weighted by molar-refractivity contribution is -0.156. The van der Waals surface area contributed by atoms with Gasteiger partial charge in [0.2, 0.25) is 0 Å². The minimum Gasteiger partial charge on any atom is -0.481 e. The van der Waals surface area contributed by atoms with E-state index in [1.165, 1.54) is 6.08 Å². The molecule has 140 valence electrons. The average molecular weight is 359 g/mol. The van der Waals surface area contributed by atoms with Crippen molar-refractivity contribution in [1.29, 1.82) is 0 Å². The first-order valence-corrected chi connectivity index (χ1v) is 8.90. The van der Waals surface area contributed by atoms with Crippen LogP contribution < -0.4 is 0 Å². The first-order valence-electron chi connectivity index (χ1n) is 8.90. The van der Waals surface area contributed by atoms with Crippen LogP contribution in [0.4, 0.5) is 0 Å². The van der Waals surface area contributed by atoms with Crippen LogP contribution in [0, 0.1) is 5.92 Å². The summed E-state index contributed by atoms with van der Waals surface area (Å²) >= 11 is 0. The zero-order valence-electron chi connectivity index (χ0n) is 14.9. The summed E-state index contributed by atoms with van der Waals surface area (Å²) in [5, 5.41) is 19.7. The van der Waals surface area contributed by atoms with Gasteiger partial charge >= 0.3 is 5.97 Å². The Morgan fingerprint density at radius 3 is 2.62 bits per heavy atom. The highest BCUT2D eigenvalue weighted by atomic mass is 16.4. The van der Waals surface area contributed by atoms with Crippen LogP contribution in [0.2, 0.25) is 0 Å². The first kappa shape index (κ1) is 19.8. The highest BCUT2D eigenvalue weighted by Crippen LogP contribution is 2.40. The van der Waals surface area contributed by atoms with E-state index in [0.29, 0.717) is 0 Å². The van der Waals surface area contributed by atoms with Gasteiger partial charge in [0.1, 0.15) is 5.92 Å². The van der Waals surface area contributed by atoms with Crippen molar-refractivity contribution in [2.75, 3.05) is 6.54 Å². The van der Waals surface area contributed by atoms with E-state index in [2.05, 4.69) is 6.08 Å². The van der Waals surface area contributed by atoms with Crippen LogP contribution in [0.15, 0.2) is 48.1 Å². The molecule has 0 saturated carbocycles. The summed E-state index contributed by atoms with van der Waals surface area (Å²) in [5.41, 5.74) is -2.04. The molecule has 2 aliphatic rings. The number of carboxylic acids is 1. The van der Waals surface area contributed by atoms with Crippen molar-refractivity contribution in [3.8, 4) is 0 Å². The van der Waals surface area contributed by atoms with E-state index < -0.39 is 29.3 Å². The Morgan fingerprint density at radius 1 is 1.27 bits per heavy atom. The van der Waals surface area contributed by atoms with Crippen LogP contribution >= 0.6 is 0 Å². The fraction of sp³-hybridized carbons (Fsp3) is 0.450. The number of hydrogen-bond acceptors (Lipinski definition) is 4. The second-order valence-electron chi connectivity index (χ2n) is 6.48. The molecule has 0 unspecified atom stereocenters. The molecule has 6 nitrogen and oxygen atoms in total. The smallest absolute Gasteiger partial charge is 0.311 e. The molecule has 1 fully saturated rings. The maximum Gasteiger partial charge on any atom is 0.311 e. The number of aliphatic hydroxyl groups is 1. The molecule has 2 atom stereocenters. The molecular formula is C20H25NO5. The summed E-state index contributed by atoms with van der Waals surface area (Å²) in [6.45, 7) is 2.09. The number of nitrogens with zero attached hydrogens (tertiary/aromatic N) is 1. The number of fused-ring (bicyclic) bond motifs is 1. The summed E-state index contributed by atoms with van der Waals surface area (Å²) < 4.78 is 0. The quantitative estimate of drug-likeness (QED) is 0.285. The maximum atomic E-state index is 12.3. The van der Waals surface area contributed by atoms with Crippen LogP contribution in [0.5, 0.6) is 0 Å². The minimum absolute atomic E-state index is 0.129. The van der Waals surface area contributed by atoms with E-state index in [0.717, 1.165) is 36.7 Å². The van der Waals surface area contributed by atoms with Crippen LogP contribution in [0.3, 0.4) is 0 Å². The normalized spacial score (nSPS) is 25.6. The van der Waals surface area contributed by atoms with Gasteiger partial charge in [-0.05, 0) is 51.2 Å². The first-order chi connectivity index (χ1) is 12.4. The Kier molecular flexibility index (Phi) is 6.69. The van der Waals surface area contributed by atoms with Gasteiger partial charge in [0.25, 0.3) is 5.91 Å². The molecule has 1 amide bonds. The molecule has 6 heteroatoms. The van der Waals surface area contributed by atoms with Crippen molar-refractivity contribution in [2.24, 2.45) is 5.92 Å². The summed E-state index contributed by atoms with van der Waals surface area (Å²) in [6.07, 6.45) is 16.0. The van der Waals surface area contributed by atoms with Crippen LogP contribution in [-0.2, 0) is 14.4 Å². The highest BCUT2D eigenvalue weighted by Gasteiger charge is 2.57. The third-order valence-corrected chi connectivity index (χ3v) is 4.68. The second kappa shape index (κ2) is 8.76. The molecule has 2 aliphatic heterocycles. The molecule has 2 heterocycles. The van der Waals surface area contributed by atoms with Gasteiger partial charge in [-0.3, -0.25) is 14.4 Å². The predicted molar refractivity (Wildman–Crippen MR) is 97.1 cm³/mol. The van der Waals surface area contributed by atoms with Crippen LogP contribution in [-0.4, -0.2) is 45.0 Å². The summed E-state index contributed by atoms with van der Waals surface area (Å²) in [5.74, 6) is -3.36.